The highest BCUT2D eigenvalue weighted by atomic mass is 19.4. The Hall–Kier alpha value is -3.09. The van der Waals surface area contributed by atoms with Crippen LogP contribution in [0.1, 0.15) is 16.7 Å². The molecule has 2 aromatic carbocycles. The monoisotopic (exact) mass is 375 g/mol. The van der Waals surface area contributed by atoms with Gasteiger partial charge in [0.1, 0.15) is 0 Å². The Morgan fingerprint density at radius 1 is 1.11 bits per heavy atom. The molecule has 1 heterocycles. The number of anilines is 1. The molecular formula is C20H16F3NO3. The number of carbonyl (C=O) groups excluding carboxylic acids is 2. The van der Waals surface area contributed by atoms with E-state index >= 15 is 0 Å². The van der Waals surface area contributed by atoms with Gasteiger partial charge in [-0.05, 0) is 41.8 Å². The van der Waals surface area contributed by atoms with Gasteiger partial charge in [0.05, 0.1) is 5.56 Å². The largest absolute Gasteiger partial charge is 0.452 e. The summed E-state index contributed by atoms with van der Waals surface area (Å²) in [6, 6.07) is 12.0. The first kappa shape index (κ1) is 18.7. The van der Waals surface area contributed by atoms with Crippen molar-refractivity contribution in [2.24, 2.45) is 0 Å². The first-order valence-electron chi connectivity index (χ1n) is 8.25. The van der Waals surface area contributed by atoms with Gasteiger partial charge in [0.2, 0.25) is 0 Å². The van der Waals surface area contributed by atoms with Gasteiger partial charge in [-0.2, -0.15) is 13.2 Å². The minimum atomic E-state index is -4.46. The van der Waals surface area contributed by atoms with E-state index in [4.69, 9.17) is 4.74 Å². The van der Waals surface area contributed by atoms with E-state index in [9.17, 15) is 22.8 Å². The van der Waals surface area contributed by atoms with Crippen LogP contribution in [0.2, 0.25) is 0 Å². The van der Waals surface area contributed by atoms with Gasteiger partial charge in [0.25, 0.3) is 5.91 Å². The third-order valence-corrected chi connectivity index (χ3v) is 4.15. The molecule has 0 spiro atoms. The lowest BCUT2D eigenvalue weighted by molar-refractivity contribution is -0.142. The van der Waals surface area contributed by atoms with Gasteiger partial charge in [-0.3, -0.25) is 4.79 Å². The second-order valence-electron chi connectivity index (χ2n) is 5.99. The van der Waals surface area contributed by atoms with Crippen molar-refractivity contribution >= 4 is 23.6 Å². The lowest BCUT2D eigenvalue weighted by Gasteiger charge is -2.16. The highest BCUT2D eigenvalue weighted by molar-refractivity contribution is 5.98. The highest BCUT2D eigenvalue weighted by Crippen LogP contribution is 2.30. The quantitative estimate of drug-likeness (QED) is 0.602. The molecule has 0 unspecified atom stereocenters. The van der Waals surface area contributed by atoms with E-state index in [-0.39, 0.29) is 11.5 Å². The third-order valence-electron chi connectivity index (χ3n) is 4.15. The number of hydrogen-bond donors (Lipinski definition) is 0. The lowest BCUT2D eigenvalue weighted by atomic mass is 10.1. The Morgan fingerprint density at radius 2 is 1.89 bits per heavy atom. The normalized spacial score (nSPS) is 13.7. The molecule has 1 amide bonds. The van der Waals surface area contributed by atoms with E-state index in [2.05, 4.69) is 0 Å². The molecule has 0 bridgehead atoms. The van der Waals surface area contributed by atoms with Crippen molar-refractivity contribution < 1.29 is 27.5 Å². The van der Waals surface area contributed by atoms with Crippen molar-refractivity contribution in [2.75, 3.05) is 18.1 Å². The lowest BCUT2D eigenvalue weighted by Crippen LogP contribution is -2.33. The van der Waals surface area contributed by atoms with E-state index in [0.29, 0.717) is 6.54 Å². The SMILES string of the molecule is O=C(C=Cc1cccc(C(F)(F)F)c1)OCC(=O)N1CCc2ccccc21. The molecule has 4 nitrogen and oxygen atoms in total. The first-order chi connectivity index (χ1) is 12.8. The Bertz CT molecular complexity index is 890. The second-order valence-corrected chi connectivity index (χ2v) is 5.99. The van der Waals surface area contributed by atoms with E-state index in [1.165, 1.54) is 18.2 Å². The minimum Gasteiger partial charge on any atom is -0.452 e. The van der Waals surface area contributed by atoms with E-state index in [1.54, 1.807) is 4.90 Å². The predicted octanol–water partition coefficient (Wildman–Crippen LogP) is 3.85. The van der Waals surface area contributed by atoms with Crippen LogP contribution in [0.3, 0.4) is 0 Å². The topological polar surface area (TPSA) is 46.6 Å². The van der Waals surface area contributed by atoms with Crippen LogP contribution in [0.25, 0.3) is 6.08 Å². The summed E-state index contributed by atoms with van der Waals surface area (Å²) < 4.78 is 42.9. The smallest absolute Gasteiger partial charge is 0.416 e. The highest BCUT2D eigenvalue weighted by Gasteiger charge is 2.30. The summed E-state index contributed by atoms with van der Waals surface area (Å²) in [6.45, 7) is 0.0932. The van der Waals surface area contributed by atoms with Gasteiger partial charge in [-0.25, -0.2) is 4.79 Å². The Balaban J connectivity index is 1.56. The van der Waals surface area contributed by atoms with Crippen molar-refractivity contribution in [1.82, 2.24) is 0 Å². The zero-order valence-corrected chi connectivity index (χ0v) is 14.2. The maximum atomic E-state index is 12.7. The number of fused-ring (bicyclic) bond motifs is 1. The number of carbonyl (C=O) groups is 2. The number of ether oxygens (including phenoxy) is 1. The van der Waals surface area contributed by atoms with Crippen LogP contribution >= 0.6 is 0 Å². The van der Waals surface area contributed by atoms with Crippen LogP contribution in [0.15, 0.2) is 54.6 Å². The van der Waals surface area contributed by atoms with Crippen LogP contribution in [-0.4, -0.2) is 25.0 Å². The van der Waals surface area contributed by atoms with E-state index in [0.717, 1.165) is 35.9 Å². The van der Waals surface area contributed by atoms with Gasteiger partial charge in [-0.1, -0.05) is 30.3 Å². The number of nitrogens with zero attached hydrogens (tertiary/aromatic N) is 1. The number of para-hydroxylation sites is 1. The summed E-state index contributed by atoms with van der Waals surface area (Å²) in [5.74, 6) is -1.14. The first-order valence-corrected chi connectivity index (χ1v) is 8.25. The molecule has 0 saturated carbocycles. The molecule has 7 heteroatoms. The summed E-state index contributed by atoms with van der Waals surface area (Å²) in [7, 11) is 0. The number of alkyl halides is 3. The number of esters is 1. The average molecular weight is 375 g/mol. The molecule has 0 aliphatic carbocycles. The van der Waals surface area contributed by atoms with Gasteiger partial charge in [-0.15, -0.1) is 0 Å². The molecule has 2 aromatic rings. The molecular weight excluding hydrogens is 359 g/mol. The number of benzene rings is 2. The average Bonchev–Trinajstić information content (AvgIpc) is 3.08. The van der Waals surface area contributed by atoms with Gasteiger partial charge in [0.15, 0.2) is 6.61 Å². The summed E-state index contributed by atoms with van der Waals surface area (Å²) >= 11 is 0. The fourth-order valence-electron chi connectivity index (χ4n) is 2.84. The molecule has 0 radical (unpaired) electrons. The van der Waals surface area contributed by atoms with Crippen LogP contribution < -0.4 is 4.90 Å². The molecule has 140 valence electrons. The minimum absolute atomic E-state index is 0.210. The fraction of sp³-hybridized carbons (Fsp3) is 0.200. The number of hydrogen-bond acceptors (Lipinski definition) is 3. The molecule has 0 atom stereocenters. The van der Waals surface area contributed by atoms with Crippen molar-refractivity contribution in [1.29, 1.82) is 0 Å². The predicted molar refractivity (Wildman–Crippen MR) is 93.9 cm³/mol. The Kier molecular flexibility index (Phi) is 5.30. The fourth-order valence-corrected chi connectivity index (χ4v) is 2.84. The molecule has 3 rings (SSSR count). The maximum Gasteiger partial charge on any atom is 0.416 e. The molecule has 0 fully saturated rings. The summed E-state index contributed by atoms with van der Waals surface area (Å²) in [5.41, 5.74) is 1.27. The van der Waals surface area contributed by atoms with Crippen molar-refractivity contribution in [3.63, 3.8) is 0 Å². The van der Waals surface area contributed by atoms with Crippen molar-refractivity contribution in [3.8, 4) is 0 Å². The number of rotatable bonds is 4. The maximum absolute atomic E-state index is 12.7. The summed E-state index contributed by atoms with van der Waals surface area (Å²) in [5, 5.41) is 0. The molecule has 0 aromatic heterocycles. The zero-order valence-electron chi connectivity index (χ0n) is 14.2. The van der Waals surface area contributed by atoms with Gasteiger partial charge >= 0.3 is 12.1 Å². The van der Waals surface area contributed by atoms with Gasteiger partial charge in [0, 0.05) is 18.3 Å². The van der Waals surface area contributed by atoms with Crippen LogP contribution in [0.5, 0.6) is 0 Å². The third kappa shape index (κ3) is 4.55. The summed E-state index contributed by atoms with van der Waals surface area (Å²) in [6.07, 6.45) is -1.50. The molecule has 1 aliphatic heterocycles. The van der Waals surface area contributed by atoms with Crippen LogP contribution in [0, 0.1) is 0 Å². The number of halogens is 3. The standard InChI is InChI=1S/C20H16F3NO3/c21-20(22,23)16-6-3-4-14(12-16)8-9-19(26)27-13-18(25)24-11-10-15-5-1-2-7-17(15)24/h1-9,12H,10-11,13H2. The van der Waals surface area contributed by atoms with Crippen molar-refractivity contribution in [2.45, 2.75) is 12.6 Å². The van der Waals surface area contributed by atoms with Gasteiger partial charge < -0.3 is 9.64 Å². The Morgan fingerprint density at radius 3 is 2.67 bits per heavy atom. The zero-order chi connectivity index (χ0) is 19.4. The molecule has 0 saturated heterocycles. The molecule has 0 N–H and O–H groups in total. The second kappa shape index (κ2) is 7.65. The number of amides is 1. The molecule has 1 aliphatic rings. The van der Waals surface area contributed by atoms with Crippen molar-refractivity contribution in [3.05, 3.63) is 71.3 Å². The van der Waals surface area contributed by atoms with Crippen LogP contribution in [-0.2, 0) is 26.9 Å². The Labute approximate surface area is 153 Å². The van der Waals surface area contributed by atoms with E-state index < -0.39 is 24.3 Å². The van der Waals surface area contributed by atoms with Crippen LogP contribution in [0.4, 0.5) is 18.9 Å². The van der Waals surface area contributed by atoms with E-state index in [1.807, 2.05) is 24.3 Å². The molecule has 27 heavy (non-hydrogen) atoms. The summed E-state index contributed by atoms with van der Waals surface area (Å²) in [4.78, 5) is 25.6.